The summed E-state index contributed by atoms with van der Waals surface area (Å²) in [5, 5.41) is 3.08. The Morgan fingerprint density at radius 3 is 2.43 bits per heavy atom. The van der Waals surface area contributed by atoms with Crippen molar-refractivity contribution in [3.63, 3.8) is 0 Å². The molecular formula is C30H32F2N4O6S2. The molecule has 1 aliphatic rings. The molecule has 3 aromatic carbocycles. The van der Waals surface area contributed by atoms with Crippen LogP contribution in [0.3, 0.4) is 0 Å². The lowest BCUT2D eigenvalue weighted by Gasteiger charge is -2.14. The maximum Gasteiger partial charge on any atom is 0.227 e. The topological polar surface area (TPSA) is 148 Å². The molecule has 1 aliphatic heterocycles. The van der Waals surface area contributed by atoms with Gasteiger partial charge in [-0.3, -0.25) is 0 Å². The van der Waals surface area contributed by atoms with Gasteiger partial charge in [0.25, 0.3) is 0 Å². The number of hydrogen-bond donors (Lipinski definition) is 2. The zero-order valence-electron chi connectivity index (χ0n) is 24.5. The van der Waals surface area contributed by atoms with Gasteiger partial charge in [-0.2, -0.15) is 0 Å². The maximum atomic E-state index is 14.6. The number of aromatic nitrogens is 2. The Bertz CT molecular complexity index is 1780. The summed E-state index contributed by atoms with van der Waals surface area (Å²) in [4.78, 5) is 8.24. The molecule has 5 rings (SSSR count). The van der Waals surface area contributed by atoms with Gasteiger partial charge in [-0.05, 0) is 61.7 Å². The van der Waals surface area contributed by atoms with Crippen LogP contribution in [0, 0.1) is 32.4 Å². The summed E-state index contributed by atoms with van der Waals surface area (Å²) < 4.78 is 83.6. The van der Waals surface area contributed by atoms with E-state index in [1.807, 2.05) is 25.3 Å². The number of nitrogens with one attached hydrogen (secondary N) is 1. The fraction of sp³-hybridized carbons (Fsp3) is 0.267. The second kappa shape index (κ2) is 14.2. The van der Waals surface area contributed by atoms with Gasteiger partial charge in [0.15, 0.2) is 12.6 Å². The van der Waals surface area contributed by atoms with Crippen molar-refractivity contribution in [1.82, 2.24) is 9.97 Å². The number of rotatable bonds is 3. The Balaban J connectivity index is 0.000000285. The quantitative estimate of drug-likeness (QED) is 0.314. The summed E-state index contributed by atoms with van der Waals surface area (Å²) in [6.45, 7) is 5.49. The Morgan fingerprint density at radius 1 is 1.02 bits per heavy atom. The summed E-state index contributed by atoms with van der Waals surface area (Å²) >= 11 is 0. The van der Waals surface area contributed by atoms with Crippen LogP contribution in [0.25, 0.3) is 11.3 Å². The van der Waals surface area contributed by atoms with E-state index in [1.165, 1.54) is 12.1 Å². The van der Waals surface area contributed by atoms with Gasteiger partial charge in [-0.1, -0.05) is 17.7 Å². The fourth-order valence-corrected chi connectivity index (χ4v) is 6.26. The van der Waals surface area contributed by atoms with Crippen LogP contribution < -0.4 is 19.6 Å². The summed E-state index contributed by atoms with van der Waals surface area (Å²) in [6.07, 6.45) is 3.00. The van der Waals surface area contributed by atoms with Crippen LogP contribution in [0.2, 0.25) is 0 Å². The number of nitrogens with two attached hydrogens (primary N) is 1. The zero-order chi connectivity index (χ0) is 32.0. The average molecular weight is 647 g/mol. The highest BCUT2D eigenvalue weighted by Crippen LogP contribution is 2.33. The van der Waals surface area contributed by atoms with Gasteiger partial charge >= 0.3 is 0 Å². The number of aryl methyl sites for hydroxylation is 3. The van der Waals surface area contributed by atoms with Crippen molar-refractivity contribution in [2.24, 2.45) is 0 Å². The Morgan fingerprint density at radius 2 is 1.75 bits per heavy atom. The van der Waals surface area contributed by atoms with Gasteiger partial charge in [0, 0.05) is 40.3 Å². The highest BCUT2D eigenvalue weighted by molar-refractivity contribution is 7.85. The summed E-state index contributed by atoms with van der Waals surface area (Å²) in [6, 6.07) is 12.8. The standard InChI is InChI=1S/C21H20F2N4O3S.C9H12O3S/c1-31(24)11-13-6-15-9-16(7-13)29-5-4-28-12-30-19-8-14(22)2-3-17(19)20-18(23)10-25-21(26-15)27-20;1-6-4-7(2)9(8(3)5-6)13(10,11)12/h2-3,6-10,24H,4-5,11-12H2,1H3,(H,25,26,27);4-5H,1-3H3,(H,10,11,12). The molecule has 0 amide bonds. The maximum absolute atomic E-state index is 14.6. The summed E-state index contributed by atoms with van der Waals surface area (Å²) in [5.74, 6) is 0.390. The Hall–Kier alpha value is -3.98. The first-order chi connectivity index (χ1) is 20.8. The third-order valence-electron chi connectivity index (χ3n) is 6.21. The molecule has 44 heavy (non-hydrogen) atoms. The lowest BCUT2D eigenvalue weighted by Crippen LogP contribution is -2.34. The van der Waals surface area contributed by atoms with Crippen molar-refractivity contribution >= 4 is 32.4 Å². The Kier molecular flexibility index (Phi) is 10.6. The van der Waals surface area contributed by atoms with E-state index in [0.29, 0.717) is 28.3 Å². The molecule has 1 unspecified atom stereocenters. The van der Waals surface area contributed by atoms with Gasteiger partial charge in [0.1, 0.15) is 39.7 Å². The van der Waals surface area contributed by atoms with Gasteiger partial charge < -0.3 is 24.1 Å². The van der Waals surface area contributed by atoms with Crippen LogP contribution in [0.5, 0.6) is 11.5 Å². The summed E-state index contributed by atoms with van der Waals surface area (Å²) in [7, 11) is -4.63. The van der Waals surface area contributed by atoms with E-state index >= 15 is 0 Å². The minimum absolute atomic E-state index is 0.0212. The fourth-order valence-electron chi connectivity index (χ4n) is 4.66. The predicted octanol–water partition coefficient (Wildman–Crippen LogP) is 4.12. The number of ether oxygens (including phenoxy) is 3. The number of halogens is 2. The van der Waals surface area contributed by atoms with Crippen molar-refractivity contribution in [3.05, 3.63) is 88.6 Å². The van der Waals surface area contributed by atoms with Crippen molar-refractivity contribution < 1.29 is 40.7 Å². The lowest BCUT2D eigenvalue weighted by atomic mass is 10.1. The second-order valence-electron chi connectivity index (χ2n) is 10.1. The molecule has 0 aliphatic carbocycles. The van der Waals surface area contributed by atoms with Crippen LogP contribution >= 0.6 is 0 Å². The molecule has 4 bridgehead atoms. The first-order valence-corrected chi connectivity index (χ1v) is 16.5. The van der Waals surface area contributed by atoms with Gasteiger partial charge in [-0.15, -0.1) is 0 Å². The molecule has 234 valence electrons. The van der Waals surface area contributed by atoms with E-state index in [9.17, 15) is 21.8 Å². The molecule has 14 heteroatoms. The van der Waals surface area contributed by atoms with Gasteiger partial charge in [-0.25, -0.2) is 31.9 Å². The number of anilines is 2. The van der Waals surface area contributed by atoms with Crippen molar-refractivity contribution in [2.45, 2.75) is 31.4 Å². The molecule has 0 saturated carbocycles. The highest BCUT2D eigenvalue weighted by Gasteiger charge is 2.17. The Labute approximate surface area is 257 Å². The third-order valence-corrected chi connectivity index (χ3v) is 8.14. The lowest BCUT2D eigenvalue weighted by molar-refractivity contribution is -0.0751. The van der Waals surface area contributed by atoms with Gasteiger partial charge in [0.2, 0.25) is 5.95 Å². The van der Waals surface area contributed by atoms with Gasteiger partial charge in [0.05, 0.1) is 23.5 Å². The van der Waals surface area contributed by atoms with E-state index in [1.54, 1.807) is 32.0 Å². The van der Waals surface area contributed by atoms with Crippen LogP contribution in [0.15, 0.2) is 59.6 Å². The van der Waals surface area contributed by atoms with Crippen molar-refractivity contribution in [3.8, 4) is 22.8 Å². The van der Waals surface area contributed by atoms with E-state index in [0.717, 1.165) is 23.4 Å². The van der Waals surface area contributed by atoms with E-state index in [4.69, 9.17) is 19.0 Å². The molecule has 1 atom stereocenters. The van der Waals surface area contributed by atoms with Crippen molar-refractivity contribution in [1.29, 1.82) is 0 Å². The van der Waals surface area contributed by atoms with Crippen molar-refractivity contribution in [2.75, 3.05) is 31.6 Å². The molecule has 10 nitrogen and oxygen atoms in total. The monoisotopic (exact) mass is 646 g/mol. The minimum Gasteiger partial charge on any atom is -0.744 e. The molecule has 0 fully saturated rings. The zero-order valence-corrected chi connectivity index (χ0v) is 26.2. The average Bonchev–Trinajstić information content (AvgIpc) is 2.90. The molecule has 0 spiro atoms. The largest absolute Gasteiger partial charge is 0.744 e. The predicted molar refractivity (Wildman–Crippen MR) is 162 cm³/mol. The van der Waals surface area contributed by atoms with Crippen LogP contribution in [0.1, 0.15) is 22.3 Å². The van der Waals surface area contributed by atoms with Crippen LogP contribution in [-0.4, -0.2) is 49.2 Å². The highest BCUT2D eigenvalue weighted by atomic mass is 32.2. The number of hydrogen-bond acceptors (Lipinski definition) is 9. The SMILES string of the molecule is CS(=[NH2+])Cc1cc2cc(c1)OCCOCOc1cc(F)ccc1-c1nc(ncc1F)N2.Cc1cc(C)c(S(=O)(=O)[O-])c(C)c1. The minimum atomic E-state index is -4.33. The molecule has 4 aromatic rings. The summed E-state index contributed by atoms with van der Waals surface area (Å²) in [5.41, 5.74) is 3.91. The first-order valence-electron chi connectivity index (χ1n) is 13.3. The molecule has 0 radical (unpaired) electrons. The molecule has 3 N–H and O–H groups in total. The third kappa shape index (κ3) is 8.78. The first kappa shape index (κ1) is 32.9. The normalized spacial score (nSPS) is 13.8. The smallest absolute Gasteiger partial charge is 0.227 e. The molecule has 1 aromatic heterocycles. The molecule has 2 heterocycles. The number of benzene rings is 3. The second-order valence-corrected chi connectivity index (χ2v) is 13.0. The molecular weight excluding hydrogens is 614 g/mol. The van der Waals surface area contributed by atoms with E-state index in [-0.39, 0.29) is 58.5 Å². The number of fused-ring (bicyclic) bond motifs is 6. The molecule has 0 saturated heterocycles. The van der Waals surface area contributed by atoms with Crippen LogP contribution in [0.4, 0.5) is 20.4 Å². The van der Waals surface area contributed by atoms with E-state index in [2.05, 4.69) is 15.3 Å². The van der Waals surface area contributed by atoms with Crippen LogP contribution in [-0.2, 0) is 31.3 Å². The number of nitrogens with zero attached hydrogens (tertiary/aromatic N) is 2. The van der Waals surface area contributed by atoms with E-state index < -0.39 is 21.8 Å².